The zero-order valence-corrected chi connectivity index (χ0v) is 15.7. The van der Waals surface area contributed by atoms with Crippen LogP contribution in [0.15, 0.2) is 29.3 Å². The summed E-state index contributed by atoms with van der Waals surface area (Å²) < 4.78 is 29.7. The molecular formula is C16H20N4O2S2. The van der Waals surface area contributed by atoms with Gasteiger partial charge >= 0.3 is 0 Å². The van der Waals surface area contributed by atoms with E-state index in [4.69, 9.17) is 0 Å². The van der Waals surface area contributed by atoms with E-state index in [-0.39, 0.29) is 10.9 Å². The first-order valence-corrected chi connectivity index (χ1v) is 10.1. The zero-order chi connectivity index (χ0) is 17.5. The fraction of sp³-hybridized carbons (Fsp3) is 0.375. The van der Waals surface area contributed by atoms with E-state index in [9.17, 15) is 8.42 Å². The highest BCUT2D eigenvalue weighted by Gasteiger charge is 2.26. The molecule has 2 aromatic heterocycles. The molecule has 0 aliphatic heterocycles. The van der Waals surface area contributed by atoms with E-state index in [1.807, 2.05) is 26.0 Å². The number of hydrogen-bond donors (Lipinski definition) is 1. The van der Waals surface area contributed by atoms with E-state index in [0.717, 1.165) is 17.0 Å². The van der Waals surface area contributed by atoms with Gasteiger partial charge in [0.05, 0.1) is 5.69 Å². The molecular weight excluding hydrogens is 344 g/mol. The lowest BCUT2D eigenvalue weighted by Crippen LogP contribution is -2.16. The first kappa shape index (κ1) is 16.9. The topological polar surface area (TPSA) is 76.4 Å². The van der Waals surface area contributed by atoms with E-state index < -0.39 is 10.0 Å². The first-order chi connectivity index (χ1) is 11.3. The van der Waals surface area contributed by atoms with Gasteiger partial charge in [0, 0.05) is 11.6 Å². The van der Waals surface area contributed by atoms with Crippen LogP contribution in [0.1, 0.15) is 43.0 Å². The number of fused-ring (bicyclic) bond motifs is 1. The molecule has 0 fully saturated rings. The summed E-state index contributed by atoms with van der Waals surface area (Å²) in [4.78, 5) is 4.95. The van der Waals surface area contributed by atoms with Crippen molar-refractivity contribution in [2.45, 2.75) is 45.1 Å². The minimum Gasteiger partial charge on any atom is -0.278 e. The van der Waals surface area contributed by atoms with Crippen LogP contribution in [-0.4, -0.2) is 23.0 Å². The molecule has 128 valence electrons. The van der Waals surface area contributed by atoms with Crippen molar-refractivity contribution in [2.24, 2.45) is 0 Å². The van der Waals surface area contributed by atoms with Crippen LogP contribution >= 0.6 is 11.3 Å². The maximum Gasteiger partial charge on any atom is 0.281 e. The van der Waals surface area contributed by atoms with Gasteiger partial charge in [-0.2, -0.15) is 18.0 Å². The van der Waals surface area contributed by atoms with Crippen LogP contribution in [0.25, 0.3) is 4.96 Å². The van der Waals surface area contributed by atoms with Crippen LogP contribution in [0, 0.1) is 6.92 Å². The van der Waals surface area contributed by atoms with Gasteiger partial charge < -0.3 is 0 Å². The van der Waals surface area contributed by atoms with Crippen molar-refractivity contribution in [1.29, 1.82) is 0 Å². The van der Waals surface area contributed by atoms with Crippen molar-refractivity contribution in [3.05, 3.63) is 40.5 Å². The van der Waals surface area contributed by atoms with Crippen molar-refractivity contribution < 1.29 is 8.42 Å². The largest absolute Gasteiger partial charge is 0.281 e. The summed E-state index contributed by atoms with van der Waals surface area (Å²) in [6, 6.07) is 7.36. The number of rotatable bonds is 5. The number of sulfonamides is 1. The fourth-order valence-electron chi connectivity index (χ4n) is 2.40. The van der Waals surface area contributed by atoms with E-state index in [1.165, 1.54) is 15.9 Å². The lowest BCUT2D eigenvalue weighted by atomic mass is 10.2. The number of aryl methyl sites for hydroxylation is 2. The maximum atomic E-state index is 12.8. The highest BCUT2D eigenvalue weighted by atomic mass is 32.2. The lowest BCUT2D eigenvalue weighted by molar-refractivity contribution is 0.592. The Labute approximate surface area is 145 Å². The predicted molar refractivity (Wildman–Crippen MR) is 96.3 cm³/mol. The number of anilines is 1. The average molecular weight is 364 g/mol. The van der Waals surface area contributed by atoms with Crippen LogP contribution in [0.3, 0.4) is 0 Å². The first-order valence-electron chi connectivity index (χ1n) is 7.79. The van der Waals surface area contributed by atoms with E-state index in [1.54, 1.807) is 19.1 Å². The molecule has 0 unspecified atom stereocenters. The number of imidazole rings is 1. The minimum absolute atomic E-state index is 0.0974. The predicted octanol–water partition coefficient (Wildman–Crippen LogP) is 3.59. The Morgan fingerprint density at radius 3 is 2.50 bits per heavy atom. The van der Waals surface area contributed by atoms with Gasteiger partial charge in [0.2, 0.25) is 9.99 Å². The molecule has 0 saturated heterocycles. The smallest absolute Gasteiger partial charge is 0.278 e. The standard InChI is InChI=1S/C16H20N4O2S2/c1-5-12-6-8-13(9-7-12)19-24(21,22)15-11(4)17-16-20(15)18-14(23-16)10(2)3/h6-10,19H,5H2,1-4H3. The minimum atomic E-state index is -3.76. The van der Waals surface area contributed by atoms with E-state index in [0.29, 0.717) is 16.3 Å². The molecule has 0 spiro atoms. The number of nitrogens with one attached hydrogen (secondary N) is 1. The summed E-state index contributed by atoms with van der Waals surface area (Å²) in [5.41, 5.74) is 2.13. The summed E-state index contributed by atoms with van der Waals surface area (Å²) in [5, 5.41) is 5.38. The Balaban J connectivity index is 2.01. The van der Waals surface area contributed by atoms with Gasteiger partial charge in [-0.3, -0.25) is 4.72 Å². The maximum absolute atomic E-state index is 12.8. The Hall–Kier alpha value is -1.93. The molecule has 0 saturated carbocycles. The van der Waals surface area contributed by atoms with Crippen LogP contribution in [0.2, 0.25) is 0 Å². The van der Waals surface area contributed by atoms with Crippen molar-refractivity contribution in [3.8, 4) is 0 Å². The summed E-state index contributed by atoms with van der Waals surface area (Å²) >= 11 is 1.42. The third-order valence-electron chi connectivity index (χ3n) is 3.70. The van der Waals surface area contributed by atoms with E-state index >= 15 is 0 Å². The SMILES string of the molecule is CCc1ccc(NS(=O)(=O)c2c(C)nc3sc(C(C)C)nn23)cc1. The van der Waals surface area contributed by atoms with E-state index in [2.05, 4.69) is 21.7 Å². The van der Waals surface area contributed by atoms with Gasteiger partial charge in [0.25, 0.3) is 10.0 Å². The average Bonchev–Trinajstić information content (AvgIpc) is 3.04. The molecule has 0 radical (unpaired) electrons. The molecule has 1 N–H and O–H groups in total. The lowest BCUT2D eigenvalue weighted by Gasteiger charge is -2.08. The molecule has 24 heavy (non-hydrogen) atoms. The summed E-state index contributed by atoms with van der Waals surface area (Å²) in [5.74, 6) is 0.224. The number of hydrogen-bond acceptors (Lipinski definition) is 5. The Morgan fingerprint density at radius 2 is 1.92 bits per heavy atom. The van der Waals surface area contributed by atoms with Crippen molar-refractivity contribution >= 4 is 32.0 Å². The molecule has 0 aliphatic carbocycles. The van der Waals surface area contributed by atoms with Crippen LogP contribution in [-0.2, 0) is 16.4 Å². The molecule has 3 rings (SSSR count). The Morgan fingerprint density at radius 1 is 1.25 bits per heavy atom. The molecule has 0 atom stereocenters. The van der Waals surface area contributed by atoms with Gasteiger partial charge in [-0.1, -0.05) is 44.2 Å². The molecule has 1 aromatic carbocycles. The van der Waals surface area contributed by atoms with Crippen LogP contribution in [0.5, 0.6) is 0 Å². The quantitative estimate of drug-likeness (QED) is 0.751. The number of nitrogens with zero attached hydrogens (tertiary/aromatic N) is 3. The molecule has 0 aliphatic rings. The van der Waals surface area contributed by atoms with Crippen molar-refractivity contribution in [3.63, 3.8) is 0 Å². The molecule has 3 aromatic rings. The highest BCUT2D eigenvalue weighted by Crippen LogP contribution is 2.27. The molecule has 8 heteroatoms. The zero-order valence-electron chi connectivity index (χ0n) is 14.1. The summed E-state index contributed by atoms with van der Waals surface area (Å²) in [7, 11) is -3.76. The van der Waals surface area contributed by atoms with Gasteiger partial charge in [-0.25, -0.2) is 4.98 Å². The fourth-order valence-corrected chi connectivity index (χ4v) is 4.74. The summed E-state index contributed by atoms with van der Waals surface area (Å²) in [6.45, 7) is 7.78. The molecule has 6 nitrogen and oxygen atoms in total. The molecule has 0 bridgehead atoms. The summed E-state index contributed by atoms with van der Waals surface area (Å²) in [6.07, 6.45) is 0.909. The Bertz CT molecular complexity index is 970. The van der Waals surface area contributed by atoms with Gasteiger partial charge in [-0.15, -0.1) is 0 Å². The second kappa shape index (κ2) is 6.18. The third-order valence-corrected chi connectivity index (χ3v) is 6.39. The van der Waals surface area contributed by atoms with Crippen LogP contribution < -0.4 is 4.72 Å². The van der Waals surface area contributed by atoms with Gasteiger partial charge in [0.15, 0.2) is 0 Å². The monoisotopic (exact) mass is 364 g/mol. The second-order valence-corrected chi connectivity index (χ2v) is 8.53. The Kier molecular flexibility index (Phi) is 4.35. The van der Waals surface area contributed by atoms with Crippen molar-refractivity contribution in [2.75, 3.05) is 4.72 Å². The van der Waals surface area contributed by atoms with Gasteiger partial charge in [0.1, 0.15) is 5.01 Å². The molecule has 2 heterocycles. The number of aromatic nitrogens is 3. The van der Waals surface area contributed by atoms with Gasteiger partial charge in [-0.05, 0) is 31.0 Å². The second-order valence-electron chi connectivity index (χ2n) is 5.95. The molecule has 0 amide bonds. The normalized spacial score (nSPS) is 12.2. The number of benzene rings is 1. The van der Waals surface area contributed by atoms with Crippen LogP contribution in [0.4, 0.5) is 5.69 Å². The third kappa shape index (κ3) is 3.03. The van der Waals surface area contributed by atoms with Crippen molar-refractivity contribution in [1.82, 2.24) is 14.6 Å². The highest BCUT2D eigenvalue weighted by molar-refractivity contribution is 7.92.